The number of H-pyrrole nitrogens is 1. The summed E-state index contributed by atoms with van der Waals surface area (Å²) >= 11 is 0. The fourth-order valence-corrected chi connectivity index (χ4v) is 4.05. The number of hydrogen-bond acceptors (Lipinski definition) is 7. The van der Waals surface area contributed by atoms with E-state index in [0.29, 0.717) is 28.2 Å². The Labute approximate surface area is 190 Å². The van der Waals surface area contributed by atoms with Gasteiger partial charge in [-0.3, -0.25) is 4.68 Å². The second-order valence-electron chi connectivity index (χ2n) is 8.34. The topological polar surface area (TPSA) is 131 Å². The minimum Gasteiger partial charge on any atom is -0.378 e. The van der Waals surface area contributed by atoms with Crippen LogP contribution in [0, 0.1) is 5.92 Å². The highest BCUT2D eigenvalue weighted by Crippen LogP contribution is 2.38. The van der Waals surface area contributed by atoms with E-state index in [1.807, 2.05) is 57.4 Å². The minimum atomic E-state index is -1.34. The van der Waals surface area contributed by atoms with Crippen LogP contribution in [-0.2, 0) is 12.6 Å². The van der Waals surface area contributed by atoms with Crippen molar-refractivity contribution in [2.45, 2.75) is 19.4 Å². The maximum atomic E-state index is 11.8. The summed E-state index contributed by atoms with van der Waals surface area (Å²) in [5.41, 5.74) is 10.0. The highest BCUT2D eigenvalue weighted by Gasteiger charge is 2.37. The summed E-state index contributed by atoms with van der Waals surface area (Å²) in [6, 6.07) is 11.2. The van der Waals surface area contributed by atoms with Gasteiger partial charge in [-0.05, 0) is 17.5 Å². The number of nitrogens with two attached hydrogens (primary N) is 1. The first-order valence-corrected chi connectivity index (χ1v) is 10.6. The van der Waals surface area contributed by atoms with Crippen LogP contribution in [-0.4, -0.2) is 39.8 Å². The molecule has 4 heterocycles. The number of aryl methyl sites for hydroxylation is 1. The maximum absolute atomic E-state index is 11.8. The Kier molecular flexibility index (Phi) is 4.90. The number of aliphatic hydroxyl groups is 1. The lowest BCUT2D eigenvalue weighted by molar-refractivity contribution is 0.0276. The highest BCUT2D eigenvalue weighted by molar-refractivity contribution is 5.90. The molecule has 33 heavy (non-hydrogen) atoms. The number of fused-ring (bicyclic) bond motifs is 1. The zero-order valence-electron chi connectivity index (χ0n) is 18.6. The smallest absolute Gasteiger partial charge is 0.220 e. The first-order chi connectivity index (χ1) is 15.9. The first-order valence-electron chi connectivity index (χ1n) is 10.6. The van der Waals surface area contributed by atoms with Crippen LogP contribution in [0.25, 0.3) is 33.7 Å². The van der Waals surface area contributed by atoms with E-state index in [0.717, 1.165) is 16.7 Å². The summed E-state index contributed by atoms with van der Waals surface area (Å²) in [5.74, 6) is -0.0924. The molecule has 1 aromatic carbocycles. The number of nitrogens with zero attached hydrogens (tertiary/aromatic N) is 6. The van der Waals surface area contributed by atoms with Crippen molar-refractivity contribution in [2.24, 2.45) is 13.0 Å². The SMILES string of the molecule is CC(C)C(O)(c1ccccc1)c1cc(-c2c[nH]c3ncc(-c4cnn(C)c4)nc23)nc(N)n1. The third kappa shape index (κ3) is 3.52. The Bertz CT molecular complexity index is 1440. The summed E-state index contributed by atoms with van der Waals surface area (Å²) in [5, 5.41) is 16.0. The lowest BCUT2D eigenvalue weighted by Crippen LogP contribution is -2.34. The maximum Gasteiger partial charge on any atom is 0.220 e. The summed E-state index contributed by atoms with van der Waals surface area (Å²) < 4.78 is 1.72. The number of benzene rings is 1. The molecule has 0 aliphatic heterocycles. The highest BCUT2D eigenvalue weighted by atomic mass is 16.3. The molecule has 4 aromatic heterocycles. The average molecular weight is 441 g/mol. The Morgan fingerprint density at radius 1 is 1.06 bits per heavy atom. The molecule has 0 saturated heterocycles. The monoisotopic (exact) mass is 440 g/mol. The third-order valence-electron chi connectivity index (χ3n) is 5.84. The molecular formula is C24H24N8O. The molecule has 9 nitrogen and oxygen atoms in total. The predicted octanol–water partition coefficient (Wildman–Crippen LogP) is 3.29. The summed E-state index contributed by atoms with van der Waals surface area (Å²) in [6.45, 7) is 3.89. The molecule has 0 aliphatic carbocycles. The normalized spacial score (nSPS) is 13.5. The molecule has 0 spiro atoms. The van der Waals surface area contributed by atoms with Gasteiger partial charge in [0.05, 0.1) is 29.5 Å². The van der Waals surface area contributed by atoms with E-state index >= 15 is 0 Å². The van der Waals surface area contributed by atoms with Gasteiger partial charge in [-0.2, -0.15) is 5.10 Å². The molecule has 0 radical (unpaired) electrons. The lowest BCUT2D eigenvalue weighted by Gasteiger charge is -2.32. The van der Waals surface area contributed by atoms with Gasteiger partial charge in [-0.15, -0.1) is 0 Å². The van der Waals surface area contributed by atoms with Gasteiger partial charge in [-0.1, -0.05) is 44.2 Å². The van der Waals surface area contributed by atoms with Crippen LogP contribution in [0.4, 0.5) is 5.95 Å². The van der Waals surface area contributed by atoms with Gasteiger partial charge in [0, 0.05) is 30.6 Å². The van der Waals surface area contributed by atoms with Gasteiger partial charge in [0.2, 0.25) is 5.95 Å². The largest absolute Gasteiger partial charge is 0.378 e. The predicted molar refractivity (Wildman–Crippen MR) is 126 cm³/mol. The molecule has 5 aromatic rings. The number of aromatic nitrogens is 7. The molecule has 0 aliphatic rings. The van der Waals surface area contributed by atoms with E-state index in [4.69, 9.17) is 10.7 Å². The zero-order valence-corrected chi connectivity index (χ0v) is 18.6. The van der Waals surface area contributed by atoms with Crippen LogP contribution in [0.5, 0.6) is 0 Å². The molecule has 0 saturated carbocycles. The van der Waals surface area contributed by atoms with Crippen molar-refractivity contribution >= 4 is 17.1 Å². The van der Waals surface area contributed by atoms with E-state index < -0.39 is 5.60 Å². The van der Waals surface area contributed by atoms with E-state index in [1.54, 1.807) is 29.3 Å². The summed E-state index contributed by atoms with van der Waals surface area (Å²) in [7, 11) is 1.85. The molecule has 9 heteroatoms. The van der Waals surface area contributed by atoms with Gasteiger partial charge >= 0.3 is 0 Å². The Hall–Kier alpha value is -4.11. The molecule has 1 atom stereocenters. The standard InChI is InChI=1S/C24H24N8O/c1-14(2)24(33,16-7-5-4-6-8-16)20-9-18(30-23(25)31-20)17-11-26-22-21(17)29-19(12-27-22)15-10-28-32(3)13-15/h4-14,33H,1-3H3,(H,26,27)(H2,25,30,31). The fraction of sp³-hybridized carbons (Fsp3) is 0.208. The molecule has 5 rings (SSSR count). The van der Waals surface area contributed by atoms with E-state index in [2.05, 4.69) is 25.0 Å². The number of anilines is 1. The number of aromatic amines is 1. The van der Waals surface area contributed by atoms with Crippen LogP contribution >= 0.6 is 0 Å². The number of hydrogen-bond donors (Lipinski definition) is 3. The molecular weight excluding hydrogens is 416 g/mol. The molecule has 0 bridgehead atoms. The van der Waals surface area contributed by atoms with Crippen molar-refractivity contribution in [3.63, 3.8) is 0 Å². The Balaban J connectivity index is 1.67. The van der Waals surface area contributed by atoms with E-state index in [9.17, 15) is 5.11 Å². The molecule has 1 unspecified atom stereocenters. The van der Waals surface area contributed by atoms with Crippen molar-refractivity contribution in [1.82, 2.24) is 34.7 Å². The zero-order chi connectivity index (χ0) is 23.2. The number of nitrogen functional groups attached to an aromatic ring is 1. The first kappa shape index (κ1) is 20.8. The van der Waals surface area contributed by atoms with Crippen molar-refractivity contribution in [1.29, 1.82) is 0 Å². The Morgan fingerprint density at radius 2 is 1.85 bits per heavy atom. The van der Waals surface area contributed by atoms with Crippen LogP contribution < -0.4 is 5.73 Å². The van der Waals surface area contributed by atoms with Crippen LogP contribution in [0.15, 0.2) is 61.2 Å². The summed E-state index contributed by atoms with van der Waals surface area (Å²) in [6.07, 6.45) is 7.11. The van der Waals surface area contributed by atoms with Crippen molar-refractivity contribution < 1.29 is 5.11 Å². The second kappa shape index (κ2) is 7.79. The van der Waals surface area contributed by atoms with E-state index in [1.165, 1.54) is 0 Å². The number of rotatable bonds is 5. The molecule has 166 valence electrons. The fourth-order valence-electron chi connectivity index (χ4n) is 4.05. The third-order valence-corrected chi connectivity index (χ3v) is 5.84. The van der Waals surface area contributed by atoms with Gasteiger partial charge in [0.1, 0.15) is 11.1 Å². The summed E-state index contributed by atoms with van der Waals surface area (Å²) in [4.78, 5) is 21.3. The van der Waals surface area contributed by atoms with Crippen molar-refractivity contribution in [3.05, 3.63) is 72.4 Å². The van der Waals surface area contributed by atoms with E-state index in [-0.39, 0.29) is 11.9 Å². The number of nitrogens with one attached hydrogen (secondary N) is 1. The van der Waals surface area contributed by atoms with Crippen LogP contribution in [0.2, 0.25) is 0 Å². The van der Waals surface area contributed by atoms with Gasteiger partial charge in [0.25, 0.3) is 0 Å². The van der Waals surface area contributed by atoms with Crippen LogP contribution in [0.3, 0.4) is 0 Å². The second-order valence-corrected chi connectivity index (χ2v) is 8.34. The van der Waals surface area contributed by atoms with Crippen molar-refractivity contribution in [2.75, 3.05) is 5.73 Å². The van der Waals surface area contributed by atoms with Gasteiger partial charge < -0.3 is 15.8 Å². The molecule has 0 fully saturated rings. The molecule has 0 amide bonds. The van der Waals surface area contributed by atoms with Gasteiger partial charge in [-0.25, -0.2) is 19.9 Å². The minimum absolute atomic E-state index is 0.0724. The van der Waals surface area contributed by atoms with Crippen molar-refractivity contribution in [3.8, 4) is 22.5 Å². The molecule has 4 N–H and O–H groups in total. The lowest BCUT2D eigenvalue weighted by atomic mass is 9.80. The quantitative estimate of drug-likeness (QED) is 0.382. The average Bonchev–Trinajstić information content (AvgIpc) is 3.44. The van der Waals surface area contributed by atoms with Gasteiger partial charge in [0.15, 0.2) is 5.65 Å². The van der Waals surface area contributed by atoms with Crippen LogP contribution in [0.1, 0.15) is 25.1 Å². The Morgan fingerprint density at radius 3 is 2.55 bits per heavy atom.